The van der Waals surface area contributed by atoms with Gasteiger partial charge in [-0.3, -0.25) is 0 Å². The summed E-state index contributed by atoms with van der Waals surface area (Å²) in [5.74, 6) is -0.294. The second-order valence-corrected chi connectivity index (χ2v) is 6.57. The lowest BCUT2D eigenvalue weighted by molar-refractivity contribution is 0.0719. The summed E-state index contributed by atoms with van der Waals surface area (Å²) in [7, 11) is -3.80. The fourth-order valence-corrected chi connectivity index (χ4v) is 3.62. The van der Waals surface area contributed by atoms with Crippen LogP contribution in [0.1, 0.15) is 0 Å². The van der Waals surface area contributed by atoms with Crippen molar-refractivity contribution in [1.82, 2.24) is 9.29 Å². The summed E-state index contributed by atoms with van der Waals surface area (Å²) in [6.45, 7) is 0.375. The van der Waals surface area contributed by atoms with Crippen molar-refractivity contribution in [3.8, 4) is 5.88 Å². The lowest BCUT2D eigenvalue weighted by Gasteiger charge is -2.37. The van der Waals surface area contributed by atoms with Crippen molar-refractivity contribution < 1.29 is 17.5 Å². The van der Waals surface area contributed by atoms with E-state index in [1.54, 1.807) is 24.4 Å². The quantitative estimate of drug-likeness (QED) is 0.862. The highest BCUT2D eigenvalue weighted by atomic mass is 32.2. The Bertz CT molecular complexity index is 731. The van der Waals surface area contributed by atoms with Gasteiger partial charge in [-0.15, -0.1) is 0 Å². The van der Waals surface area contributed by atoms with Gasteiger partial charge in [0.15, 0.2) is 0 Å². The number of halogens is 1. The van der Waals surface area contributed by atoms with Crippen LogP contribution >= 0.6 is 0 Å². The van der Waals surface area contributed by atoms with Crippen LogP contribution < -0.4 is 4.74 Å². The first-order chi connectivity index (χ1) is 10.1. The normalized spacial score (nSPS) is 16.4. The molecule has 0 spiro atoms. The van der Waals surface area contributed by atoms with Gasteiger partial charge in [0.05, 0.1) is 13.1 Å². The van der Waals surface area contributed by atoms with Crippen LogP contribution in [0.15, 0.2) is 53.6 Å². The predicted molar refractivity (Wildman–Crippen MR) is 73.8 cm³/mol. The van der Waals surface area contributed by atoms with E-state index in [0.717, 1.165) is 6.07 Å². The van der Waals surface area contributed by atoms with E-state index in [1.807, 2.05) is 0 Å². The van der Waals surface area contributed by atoms with Crippen molar-refractivity contribution in [3.05, 3.63) is 54.5 Å². The molecular formula is C14H13FN2O3S. The first-order valence-electron chi connectivity index (χ1n) is 6.40. The zero-order chi connectivity index (χ0) is 14.9. The highest BCUT2D eigenvalue weighted by Crippen LogP contribution is 2.25. The maximum absolute atomic E-state index is 13.6. The minimum atomic E-state index is -3.80. The zero-order valence-corrected chi connectivity index (χ0v) is 11.8. The molecule has 5 nitrogen and oxygen atoms in total. The molecule has 3 rings (SSSR count). The fourth-order valence-electron chi connectivity index (χ4n) is 2.05. The van der Waals surface area contributed by atoms with Crippen molar-refractivity contribution in [3.63, 3.8) is 0 Å². The van der Waals surface area contributed by atoms with Gasteiger partial charge >= 0.3 is 0 Å². The second-order valence-electron chi connectivity index (χ2n) is 4.66. The molecule has 2 aromatic rings. The molecule has 0 radical (unpaired) electrons. The molecule has 0 aliphatic carbocycles. The van der Waals surface area contributed by atoms with Crippen LogP contribution in [0.4, 0.5) is 4.39 Å². The van der Waals surface area contributed by atoms with Gasteiger partial charge in [0.1, 0.15) is 16.8 Å². The van der Waals surface area contributed by atoms with Gasteiger partial charge in [0.2, 0.25) is 15.9 Å². The van der Waals surface area contributed by atoms with Crippen LogP contribution in [0.2, 0.25) is 0 Å². The molecule has 0 saturated carbocycles. The number of hydrogen-bond acceptors (Lipinski definition) is 4. The summed E-state index contributed by atoms with van der Waals surface area (Å²) in [5, 5.41) is 0. The first kappa shape index (κ1) is 14.0. The van der Waals surface area contributed by atoms with Gasteiger partial charge in [0, 0.05) is 12.3 Å². The highest BCUT2D eigenvalue weighted by molar-refractivity contribution is 7.89. The number of ether oxygens (including phenoxy) is 1. The van der Waals surface area contributed by atoms with Crippen LogP contribution in [0.3, 0.4) is 0 Å². The lowest BCUT2D eigenvalue weighted by atomic mass is 10.2. The van der Waals surface area contributed by atoms with Crippen LogP contribution in [0, 0.1) is 5.82 Å². The monoisotopic (exact) mass is 308 g/mol. The largest absolute Gasteiger partial charge is 0.472 e. The molecule has 7 heteroatoms. The summed E-state index contributed by atoms with van der Waals surface area (Å²) in [4.78, 5) is 3.71. The Labute approximate surface area is 122 Å². The number of pyridine rings is 1. The number of rotatable bonds is 4. The van der Waals surface area contributed by atoms with Gasteiger partial charge in [-0.1, -0.05) is 18.2 Å². The summed E-state index contributed by atoms with van der Waals surface area (Å²) < 4.78 is 44.8. The molecule has 21 heavy (non-hydrogen) atoms. The van der Waals surface area contributed by atoms with Crippen LogP contribution in [-0.4, -0.2) is 36.9 Å². The van der Waals surface area contributed by atoms with Crippen molar-refractivity contribution in [2.24, 2.45) is 0 Å². The Balaban J connectivity index is 1.67. The van der Waals surface area contributed by atoms with Crippen molar-refractivity contribution in [2.45, 2.75) is 11.0 Å². The van der Waals surface area contributed by atoms with Crippen LogP contribution in [-0.2, 0) is 10.0 Å². The fraction of sp³-hybridized carbons (Fsp3) is 0.214. The molecule has 0 atom stereocenters. The molecule has 1 aliphatic heterocycles. The number of hydrogen-bond donors (Lipinski definition) is 0. The van der Waals surface area contributed by atoms with Crippen molar-refractivity contribution in [1.29, 1.82) is 0 Å². The molecule has 0 amide bonds. The number of sulfonamides is 1. The van der Waals surface area contributed by atoms with Crippen molar-refractivity contribution >= 4 is 10.0 Å². The van der Waals surface area contributed by atoms with E-state index in [4.69, 9.17) is 4.74 Å². The van der Waals surface area contributed by atoms with E-state index in [-0.39, 0.29) is 24.1 Å². The Morgan fingerprint density at radius 1 is 1.14 bits per heavy atom. The number of benzene rings is 1. The van der Waals surface area contributed by atoms with Gasteiger partial charge in [-0.05, 0) is 18.2 Å². The van der Waals surface area contributed by atoms with E-state index >= 15 is 0 Å². The predicted octanol–water partition coefficient (Wildman–Crippen LogP) is 1.67. The van der Waals surface area contributed by atoms with Gasteiger partial charge in [-0.2, -0.15) is 4.31 Å². The Morgan fingerprint density at radius 3 is 2.52 bits per heavy atom. The molecule has 1 aliphatic rings. The molecule has 0 unspecified atom stereocenters. The van der Waals surface area contributed by atoms with E-state index in [0.29, 0.717) is 5.88 Å². The molecular weight excluding hydrogens is 295 g/mol. The molecule has 0 N–H and O–H groups in total. The smallest absolute Gasteiger partial charge is 0.246 e. The van der Waals surface area contributed by atoms with E-state index in [2.05, 4.69) is 4.98 Å². The van der Waals surface area contributed by atoms with Crippen LogP contribution in [0.5, 0.6) is 5.88 Å². The van der Waals surface area contributed by atoms with Gasteiger partial charge in [-0.25, -0.2) is 17.8 Å². The third-order valence-electron chi connectivity index (χ3n) is 3.19. The summed E-state index contributed by atoms with van der Waals surface area (Å²) in [6, 6.07) is 10.6. The second kappa shape index (κ2) is 5.42. The standard InChI is InChI=1S/C14H13FN2O3S/c15-12-5-1-2-6-13(12)21(18,19)17-9-11(10-17)20-14-7-3-4-8-16-14/h1-8,11H,9-10H2. The van der Waals surface area contributed by atoms with E-state index < -0.39 is 15.8 Å². The summed E-state index contributed by atoms with van der Waals surface area (Å²) in [6.07, 6.45) is 1.34. The minimum absolute atomic E-state index is 0.188. The summed E-state index contributed by atoms with van der Waals surface area (Å²) >= 11 is 0. The SMILES string of the molecule is O=S(=O)(c1ccccc1F)N1CC(Oc2ccccn2)C1. The zero-order valence-electron chi connectivity index (χ0n) is 11.0. The molecule has 1 fully saturated rings. The maximum atomic E-state index is 13.6. The topological polar surface area (TPSA) is 59.5 Å². The number of aromatic nitrogens is 1. The molecule has 2 heterocycles. The first-order valence-corrected chi connectivity index (χ1v) is 7.84. The Kier molecular flexibility index (Phi) is 3.60. The van der Waals surface area contributed by atoms with Gasteiger partial charge < -0.3 is 4.74 Å². The molecule has 1 saturated heterocycles. The van der Waals surface area contributed by atoms with Gasteiger partial charge in [0.25, 0.3) is 0 Å². The van der Waals surface area contributed by atoms with E-state index in [1.165, 1.54) is 22.5 Å². The average Bonchev–Trinajstić information content (AvgIpc) is 2.43. The lowest BCUT2D eigenvalue weighted by Crippen LogP contribution is -2.56. The van der Waals surface area contributed by atoms with Crippen LogP contribution in [0.25, 0.3) is 0 Å². The molecule has 1 aromatic heterocycles. The molecule has 0 bridgehead atoms. The highest BCUT2D eigenvalue weighted by Gasteiger charge is 2.39. The third kappa shape index (κ3) is 2.74. The van der Waals surface area contributed by atoms with Crippen molar-refractivity contribution in [2.75, 3.05) is 13.1 Å². The maximum Gasteiger partial charge on any atom is 0.246 e. The number of nitrogens with zero attached hydrogens (tertiary/aromatic N) is 2. The average molecular weight is 308 g/mol. The third-order valence-corrected chi connectivity index (χ3v) is 5.06. The summed E-state index contributed by atoms with van der Waals surface area (Å²) in [5.41, 5.74) is 0. The Morgan fingerprint density at radius 2 is 1.86 bits per heavy atom. The molecule has 1 aromatic carbocycles. The van der Waals surface area contributed by atoms with E-state index in [9.17, 15) is 12.8 Å². The minimum Gasteiger partial charge on any atom is -0.472 e. The Hall–Kier alpha value is -1.99. The molecule has 110 valence electrons.